The minimum absolute atomic E-state index is 0.0772. The van der Waals surface area contributed by atoms with E-state index in [-0.39, 0.29) is 14.8 Å². The molecule has 0 saturated carbocycles. The highest BCUT2D eigenvalue weighted by atomic mass is 127. The largest absolute Gasteiger partial charge is 0.264 e. The van der Waals surface area contributed by atoms with Gasteiger partial charge in [-0.3, -0.25) is 4.98 Å². The van der Waals surface area contributed by atoms with Gasteiger partial charge in [0.1, 0.15) is 6.67 Å². The van der Waals surface area contributed by atoms with E-state index in [9.17, 15) is 13.2 Å². The molecule has 12 heavy (non-hydrogen) atoms. The van der Waals surface area contributed by atoms with Crippen molar-refractivity contribution in [2.24, 2.45) is 0 Å². The molecule has 0 aliphatic heterocycles. The number of nitrogens with zero attached hydrogens (tertiary/aromatic N) is 1. The Bertz CT molecular complexity index is 277. The first-order chi connectivity index (χ1) is 5.66. The zero-order valence-corrected chi connectivity index (χ0v) is 8.06. The van der Waals surface area contributed by atoms with Gasteiger partial charge in [0.2, 0.25) is 0 Å². The number of hydrogen-bond acceptors (Lipinski definition) is 1. The summed E-state index contributed by atoms with van der Waals surface area (Å²) < 4.78 is 36.7. The van der Waals surface area contributed by atoms with E-state index in [1.807, 2.05) is 0 Å². The van der Waals surface area contributed by atoms with Crippen LogP contribution in [0.5, 0.6) is 0 Å². The lowest BCUT2D eigenvalue weighted by molar-refractivity contribution is 0.150. The number of pyridine rings is 1. The first-order valence-corrected chi connectivity index (χ1v) is 4.22. The van der Waals surface area contributed by atoms with Gasteiger partial charge < -0.3 is 0 Å². The number of halogens is 4. The lowest BCUT2D eigenvalue weighted by Gasteiger charge is -2.04. The van der Waals surface area contributed by atoms with Crippen LogP contribution in [0.25, 0.3) is 0 Å². The van der Waals surface area contributed by atoms with Crippen molar-refractivity contribution in [2.75, 3.05) is 0 Å². The van der Waals surface area contributed by atoms with Crippen LogP contribution in [-0.2, 0) is 6.67 Å². The molecule has 1 aromatic rings. The molecule has 0 fully saturated rings. The van der Waals surface area contributed by atoms with Crippen LogP contribution in [-0.4, -0.2) is 4.98 Å². The third-order valence-electron chi connectivity index (χ3n) is 1.35. The van der Waals surface area contributed by atoms with Crippen LogP contribution >= 0.6 is 22.6 Å². The summed E-state index contributed by atoms with van der Waals surface area (Å²) in [5, 5.41) is 0. The Morgan fingerprint density at radius 1 is 1.50 bits per heavy atom. The maximum atomic E-state index is 12.2. The van der Waals surface area contributed by atoms with Crippen molar-refractivity contribution >= 4 is 22.6 Å². The molecule has 0 radical (unpaired) electrons. The zero-order valence-electron chi connectivity index (χ0n) is 5.90. The molecule has 1 rings (SSSR count). The standard InChI is InChI=1S/C7H5F3IN/c8-3-5-6(11)4(7(9)10)1-2-12-5/h1-2,7H,3H2. The SMILES string of the molecule is FCc1nccc(C(F)F)c1I. The molecule has 1 aromatic heterocycles. The predicted molar refractivity (Wildman–Crippen MR) is 46.7 cm³/mol. The van der Waals surface area contributed by atoms with Gasteiger partial charge in [-0.25, -0.2) is 13.2 Å². The van der Waals surface area contributed by atoms with Crippen LogP contribution < -0.4 is 0 Å². The van der Waals surface area contributed by atoms with Crippen LogP contribution in [0.2, 0.25) is 0 Å². The molecular weight excluding hydrogens is 282 g/mol. The van der Waals surface area contributed by atoms with Gasteiger partial charge in [-0.05, 0) is 28.7 Å². The van der Waals surface area contributed by atoms with Crippen molar-refractivity contribution in [1.82, 2.24) is 4.98 Å². The summed E-state index contributed by atoms with van der Waals surface area (Å²) in [5.74, 6) is 0. The van der Waals surface area contributed by atoms with E-state index >= 15 is 0 Å². The van der Waals surface area contributed by atoms with Crippen molar-refractivity contribution in [3.05, 3.63) is 27.1 Å². The Morgan fingerprint density at radius 3 is 2.67 bits per heavy atom. The molecule has 0 aliphatic rings. The van der Waals surface area contributed by atoms with Crippen LogP contribution in [0.15, 0.2) is 12.3 Å². The normalized spacial score (nSPS) is 10.8. The maximum Gasteiger partial charge on any atom is 0.264 e. The van der Waals surface area contributed by atoms with Gasteiger partial charge in [0.05, 0.1) is 5.69 Å². The molecule has 66 valence electrons. The Balaban J connectivity index is 3.14. The van der Waals surface area contributed by atoms with Gasteiger partial charge in [0.25, 0.3) is 6.43 Å². The minimum Gasteiger partial charge on any atom is -0.257 e. The summed E-state index contributed by atoms with van der Waals surface area (Å²) in [6.07, 6.45) is -1.37. The fourth-order valence-electron chi connectivity index (χ4n) is 0.766. The topological polar surface area (TPSA) is 12.9 Å². The first-order valence-electron chi connectivity index (χ1n) is 3.14. The molecule has 0 saturated heterocycles. The smallest absolute Gasteiger partial charge is 0.257 e. The number of alkyl halides is 3. The highest BCUT2D eigenvalue weighted by molar-refractivity contribution is 14.1. The number of hydrogen-bond donors (Lipinski definition) is 0. The molecule has 0 aliphatic carbocycles. The van der Waals surface area contributed by atoms with Gasteiger partial charge in [-0.2, -0.15) is 0 Å². The Labute approximate surface area is 81.1 Å². The molecule has 0 aromatic carbocycles. The fourth-order valence-corrected chi connectivity index (χ4v) is 1.46. The van der Waals surface area contributed by atoms with Crippen molar-refractivity contribution < 1.29 is 13.2 Å². The molecule has 0 bridgehead atoms. The monoisotopic (exact) mass is 287 g/mol. The van der Waals surface area contributed by atoms with E-state index in [0.717, 1.165) is 0 Å². The Kier molecular flexibility index (Phi) is 3.30. The van der Waals surface area contributed by atoms with Crippen molar-refractivity contribution in [3.8, 4) is 0 Å². The average Bonchev–Trinajstić information content (AvgIpc) is 2.04. The summed E-state index contributed by atoms with van der Waals surface area (Å²) in [7, 11) is 0. The third kappa shape index (κ3) is 1.88. The minimum atomic E-state index is -2.56. The van der Waals surface area contributed by atoms with Gasteiger partial charge in [-0.1, -0.05) is 0 Å². The quantitative estimate of drug-likeness (QED) is 0.762. The van der Waals surface area contributed by atoms with Crippen LogP contribution in [0.3, 0.4) is 0 Å². The van der Waals surface area contributed by atoms with Crippen LogP contribution in [0, 0.1) is 3.57 Å². The molecule has 0 unspecified atom stereocenters. The maximum absolute atomic E-state index is 12.2. The van der Waals surface area contributed by atoms with Crippen molar-refractivity contribution in [3.63, 3.8) is 0 Å². The molecule has 0 N–H and O–H groups in total. The van der Waals surface area contributed by atoms with E-state index < -0.39 is 13.1 Å². The molecule has 0 amide bonds. The van der Waals surface area contributed by atoms with Crippen molar-refractivity contribution in [2.45, 2.75) is 13.1 Å². The van der Waals surface area contributed by atoms with E-state index in [0.29, 0.717) is 0 Å². The molecule has 1 heterocycles. The summed E-state index contributed by atoms with van der Waals surface area (Å²) in [6.45, 7) is -0.807. The predicted octanol–water partition coefficient (Wildman–Crippen LogP) is 3.09. The Hall–Kier alpha value is -0.330. The lowest BCUT2D eigenvalue weighted by atomic mass is 10.2. The summed E-state index contributed by atoms with van der Waals surface area (Å²) >= 11 is 1.67. The van der Waals surface area contributed by atoms with Crippen molar-refractivity contribution in [1.29, 1.82) is 0 Å². The van der Waals surface area contributed by atoms with Crippen LogP contribution in [0.4, 0.5) is 13.2 Å². The summed E-state index contributed by atoms with van der Waals surface area (Å²) in [6, 6.07) is 1.20. The van der Waals surface area contributed by atoms with E-state index in [1.165, 1.54) is 12.3 Å². The van der Waals surface area contributed by atoms with E-state index in [1.54, 1.807) is 22.6 Å². The molecule has 0 spiro atoms. The molecule has 5 heteroatoms. The van der Waals surface area contributed by atoms with Gasteiger partial charge >= 0.3 is 0 Å². The highest BCUT2D eigenvalue weighted by Gasteiger charge is 2.14. The fraction of sp³-hybridized carbons (Fsp3) is 0.286. The second-order valence-electron chi connectivity index (χ2n) is 2.10. The zero-order chi connectivity index (χ0) is 9.14. The molecule has 0 atom stereocenters. The highest BCUT2D eigenvalue weighted by Crippen LogP contribution is 2.25. The number of aromatic nitrogens is 1. The lowest BCUT2D eigenvalue weighted by Crippen LogP contribution is -1.97. The van der Waals surface area contributed by atoms with E-state index in [4.69, 9.17) is 0 Å². The Morgan fingerprint density at radius 2 is 2.17 bits per heavy atom. The number of rotatable bonds is 2. The summed E-state index contributed by atoms with van der Waals surface area (Å²) in [5.41, 5.74) is -0.0772. The molecule has 1 nitrogen and oxygen atoms in total. The third-order valence-corrected chi connectivity index (χ3v) is 2.60. The second kappa shape index (κ2) is 4.06. The van der Waals surface area contributed by atoms with E-state index in [2.05, 4.69) is 4.98 Å². The van der Waals surface area contributed by atoms with Crippen LogP contribution in [0.1, 0.15) is 17.7 Å². The average molecular weight is 287 g/mol. The summed E-state index contributed by atoms with van der Waals surface area (Å²) in [4.78, 5) is 3.62. The first kappa shape index (κ1) is 9.76. The molecular formula is C7H5F3IN. The van der Waals surface area contributed by atoms with Gasteiger partial charge in [0, 0.05) is 15.3 Å². The van der Waals surface area contributed by atoms with Gasteiger partial charge in [0.15, 0.2) is 0 Å². The second-order valence-corrected chi connectivity index (χ2v) is 3.17. The van der Waals surface area contributed by atoms with Gasteiger partial charge in [-0.15, -0.1) is 0 Å².